The predicted octanol–water partition coefficient (Wildman–Crippen LogP) is 2.15. The average Bonchev–Trinajstić information content (AvgIpc) is 3.03. The van der Waals surface area contributed by atoms with Gasteiger partial charge in [-0.25, -0.2) is 4.79 Å². The van der Waals surface area contributed by atoms with E-state index in [4.69, 9.17) is 9.84 Å². The minimum absolute atomic E-state index is 0.151. The highest BCUT2D eigenvalue weighted by atomic mass is 16.5. The number of hydrogen-bond donors (Lipinski definition) is 2. The van der Waals surface area contributed by atoms with Crippen molar-refractivity contribution in [3.05, 3.63) is 58.8 Å². The Labute approximate surface area is 160 Å². The van der Waals surface area contributed by atoms with Crippen LogP contribution in [0, 0.1) is 6.92 Å². The molecule has 2 N–H and O–H groups in total. The van der Waals surface area contributed by atoms with Crippen LogP contribution in [0.5, 0.6) is 5.88 Å². The van der Waals surface area contributed by atoms with Crippen molar-refractivity contribution in [1.29, 1.82) is 0 Å². The number of methoxy groups -OCH3 is 1. The van der Waals surface area contributed by atoms with Gasteiger partial charge in [0.15, 0.2) is 5.82 Å². The van der Waals surface area contributed by atoms with Gasteiger partial charge < -0.3 is 15.2 Å². The largest absolute Gasteiger partial charge is 0.480 e. The van der Waals surface area contributed by atoms with Gasteiger partial charge in [0, 0.05) is 24.0 Å². The third kappa shape index (κ3) is 2.96. The Morgan fingerprint density at radius 1 is 1.21 bits per heavy atom. The lowest BCUT2D eigenvalue weighted by Crippen LogP contribution is -2.25. The molecule has 28 heavy (non-hydrogen) atoms. The summed E-state index contributed by atoms with van der Waals surface area (Å²) in [5.74, 6) is -0.000489. The van der Waals surface area contributed by atoms with Gasteiger partial charge in [-0.1, -0.05) is 12.1 Å². The first-order valence-electron chi connectivity index (χ1n) is 8.58. The van der Waals surface area contributed by atoms with Crippen LogP contribution in [0.4, 0.5) is 5.82 Å². The number of aromatic carboxylic acids is 1. The van der Waals surface area contributed by atoms with Crippen LogP contribution < -0.4 is 10.1 Å². The van der Waals surface area contributed by atoms with E-state index in [2.05, 4.69) is 20.6 Å². The Kier molecular flexibility index (Phi) is 4.26. The molecule has 0 saturated heterocycles. The Bertz CT molecular complexity index is 1060. The molecule has 0 bridgehead atoms. The molecular formula is C19H17N5O4. The second-order valence-electron chi connectivity index (χ2n) is 6.43. The summed E-state index contributed by atoms with van der Waals surface area (Å²) in [5.41, 5.74) is 2.68. The Balaban J connectivity index is 1.79. The van der Waals surface area contributed by atoms with Gasteiger partial charge >= 0.3 is 5.97 Å². The van der Waals surface area contributed by atoms with Crippen molar-refractivity contribution in [2.75, 3.05) is 12.4 Å². The molecule has 9 heteroatoms. The fourth-order valence-electron chi connectivity index (χ4n) is 3.39. The molecule has 1 amide bonds. The van der Waals surface area contributed by atoms with E-state index in [1.54, 1.807) is 41.1 Å². The number of aromatic nitrogens is 4. The van der Waals surface area contributed by atoms with Gasteiger partial charge in [-0.15, -0.1) is 10.2 Å². The summed E-state index contributed by atoms with van der Waals surface area (Å²) >= 11 is 0. The summed E-state index contributed by atoms with van der Waals surface area (Å²) < 4.78 is 6.57. The fourth-order valence-corrected chi connectivity index (χ4v) is 3.39. The lowest BCUT2D eigenvalue weighted by Gasteiger charge is -2.24. The van der Waals surface area contributed by atoms with Crippen LogP contribution in [0.1, 0.15) is 39.5 Å². The van der Waals surface area contributed by atoms with Gasteiger partial charge in [-0.2, -0.15) is 9.78 Å². The second kappa shape index (κ2) is 6.76. The SMILES string of the molecule is COc1ccc(-n2nc(C)c3c2NC(=O)CC3c2ccc(C(=O)O)cc2)nn1. The van der Waals surface area contributed by atoms with Crippen molar-refractivity contribution >= 4 is 17.7 Å². The third-order valence-electron chi connectivity index (χ3n) is 4.71. The summed E-state index contributed by atoms with van der Waals surface area (Å²) in [6.07, 6.45) is 0.250. The summed E-state index contributed by atoms with van der Waals surface area (Å²) in [7, 11) is 1.50. The van der Waals surface area contributed by atoms with Gasteiger partial charge in [0.1, 0.15) is 5.82 Å². The van der Waals surface area contributed by atoms with E-state index in [9.17, 15) is 9.59 Å². The standard InChI is InChI=1S/C19H17N5O4/c1-10-17-13(11-3-5-12(6-4-11)19(26)27)9-15(25)20-18(17)24(23-10)14-7-8-16(28-2)22-21-14/h3-8,13H,9H2,1-2H3,(H,20,25)(H,26,27). The van der Waals surface area contributed by atoms with Crippen molar-refractivity contribution in [2.45, 2.75) is 19.3 Å². The number of carboxylic acids is 1. The lowest BCUT2D eigenvalue weighted by atomic mass is 9.85. The van der Waals surface area contributed by atoms with Gasteiger partial charge in [0.2, 0.25) is 11.8 Å². The van der Waals surface area contributed by atoms with Crippen LogP contribution >= 0.6 is 0 Å². The molecule has 1 atom stereocenters. The second-order valence-corrected chi connectivity index (χ2v) is 6.43. The Hall–Kier alpha value is -3.75. The number of fused-ring (bicyclic) bond motifs is 1. The number of aryl methyl sites for hydroxylation is 1. The highest BCUT2D eigenvalue weighted by Crippen LogP contribution is 2.40. The number of amides is 1. The van der Waals surface area contributed by atoms with Crippen molar-refractivity contribution in [3.8, 4) is 11.7 Å². The molecule has 3 heterocycles. The smallest absolute Gasteiger partial charge is 0.335 e. The minimum atomic E-state index is -0.990. The first kappa shape index (κ1) is 17.7. The Morgan fingerprint density at radius 3 is 2.57 bits per heavy atom. The summed E-state index contributed by atoms with van der Waals surface area (Å²) in [5, 5.41) is 24.6. The first-order valence-corrected chi connectivity index (χ1v) is 8.58. The summed E-state index contributed by atoms with van der Waals surface area (Å²) in [6.45, 7) is 1.86. The van der Waals surface area contributed by atoms with Crippen LogP contribution in [-0.4, -0.2) is 44.1 Å². The van der Waals surface area contributed by atoms with E-state index in [1.165, 1.54) is 7.11 Å². The molecule has 2 aromatic heterocycles. The summed E-state index contributed by atoms with van der Waals surface area (Å²) in [4.78, 5) is 23.5. The highest BCUT2D eigenvalue weighted by molar-refractivity contribution is 5.95. The molecule has 9 nitrogen and oxygen atoms in total. The highest BCUT2D eigenvalue weighted by Gasteiger charge is 2.33. The van der Waals surface area contributed by atoms with Crippen LogP contribution in [0.3, 0.4) is 0 Å². The molecule has 0 spiro atoms. The zero-order valence-electron chi connectivity index (χ0n) is 15.2. The normalized spacial score (nSPS) is 15.6. The molecule has 0 fully saturated rings. The van der Waals surface area contributed by atoms with E-state index in [0.29, 0.717) is 17.5 Å². The predicted molar refractivity (Wildman–Crippen MR) is 98.9 cm³/mol. The molecular weight excluding hydrogens is 362 g/mol. The van der Waals surface area contributed by atoms with Gasteiger partial charge in [0.05, 0.1) is 18.4 Å². The van der Waals surface area contributed by atoms with Gasteiger partial charge in [-0.05, 0) is 30.7 Å². The number of benzene rings is 1. The minimum Gasteiger partial charge on any atom is -0.480 e. The number of rotatable bonds is 4. The first-order chi connectivity index (χ1) is 13.5. The fraction of sp³-hybridized carbons (Fsp3) is 0.211. The maximum atomic E-state index is 12.4. The van der Waals surface area contributed by atoms with E-state index in [0.717, 1.165) is 16.8 Å². The van der Waals surface area contributed by atoms with E-state index < -0.39 is 5.97 Å². The van der Waals surface area contributed by atoms with Crippen molar-refractivity contribution < 1.29 is 19.4 Å². The van der Waals surface area contributed by atoms with Crippen LogP contribution in [0.25, 0.3) is 5.82 Å². The zero-order chi connectivity index (χ0) is 19.8. The van der Waals surface area contributed by atoms with Crippen LogP contribution in [-0.2, 0) is 4.79 Å². The molecule has 3 aromatic rings. The van der Waals surface area contributed by atoms with E-state index >= 15 is 0 Å². The number of carboxylic acid groups (broad SMARTS) is 1. The average molecular weight is 379 g/mol. The molecule has 1 aromatic carbocycles. The molecule has 4 rings (SSSR count). The topological polar surface area (TPSA) is 119 Å². The van der Waals surface area contributed by atoms with Gasteiger partial charge in [0.25, 0.3) is 0 Å². The third-order valence-corrected chi connectivity index (χ3v) is 4.71. The maximum absolute atomic E-state index is 12.4. The number of nitrogens with zero attached hydrogens (tertiary/aromatic N) is 4. The van der Waals surface area contributed by atoms with Crippen molar-refractivity contribution in [3.63, 3.8) is 0 Å². The molecule has 0 aliphatic carbocycles. The molecule has 0 radical (unpaired) electrons. The molecule has 142 valence electrons. The molecule has 0 saturated carbocycles. The zero-order valence-corrected chi connectivity index (χ0v) is 15.2. The number of carbonyl (C=O) groups excluding carboxylic acids is 1. The molecule has 1 unspecified atom stereocenters. The molecule has 1 aliphatic rings. The maximum Gasteiger partial charge on any atom is 0.335 e. The number of hydrogen-bond acceptors (Lipinski definition) is 6. The quantitative estimate of drug-likeness (QED) is 0.713. The lowest BCUT2D eigenvalue weighted by molar-refractivity contribution is -0.116. The number of ether oxygens (including phenoxy) is 1. The summed E-state index contributed by atoms with van der Waals surface area (Å²) in [6, 6.07) is 9.92. The number of nitrogens with one attached hydrogen (secondary N) is 1. The Morgan fingerprint density at radius 2 is 1.96 bits per heavy atom. The van der Waals surface area contributed by atoms with E-state index in [1.807, 2.05) is 6.92 Å². The van der Waals surface area contributed by atoms with Crippen molar-refractivity contribution in [2.24, 2.45) is 0 Å². The van der Waals surface area contributed by atoms with Crippen molar-refractivity contribution in [1.82, 2.24) is 20.0 Å². The monoisotopic (exact) mass is 379 g/mol. The number of carbonyl (C=O) groups is 2. The van der Waals surface area contributed by atoms with Gasteiger partial charge in [-0.3, -0.25) is 4.79 Å². The van der Waals surface area contributed by atoms with E-state index in [-0.39, 0.29) is 23.8 Å². The molecule has 1 aliphatic heterocycles. The van der Waals surface area contributed by atoms with Crippen LogP contribution in [0.2, 0.25) is 0 Å². The number of anilines is 1. The van der Waals surface area contributed by atoms with Crippen LogP contribution in [0.15, 0.2) is 36.4 Å².